The molecule has 0 bridgehead atoms. The van der Waals surface area contributed by atoms with Crippen LogP contribution >= 0.6 is 0 Å². The molecule has 1 amide bonds. The first-order valence-corrected chi connectivity index (χ1v) is 8.09. The standard InChI is InChI=1S/C17H22N4O/c1-13-10-16(15(11-18)12-19-13)20-8-4-14(5-9-20)17(22)21-6-2-3-7-21/h10,12,14H,2-9H2,1H3. The van der Waals surface area contributed by atoms with E-state index in [2.05, 4.69) is 16.0 Å². The van der Waals surface area contributed by atoms with Crippen LogP contribution in [0.4, 0.5) is 5.69 Å². The van der Waals surface area contributed by atoms with E-state index in [1.54, 1.807) is 6.20 Å². The Hall–Kier alpha value is -2.09. The van der Waals surface area contributed by atoms with Gasteiger partial charge in [-0.15, -0.1) is 0 Å². The van der Waals surface area contributed by atoms with E-state index in [0.29, 0.717) is 11.5 Å². The maximum absolute atomic E-state index is 12.5. The van der Waals surface area contributed by atoms with E-state index < -0.39 is 0 Å². The van der Waals surface area contributed by atoms with Gasteiger partial charge in [-0.3, -0.25) is 9.78 Å². The number of carbonyl (C=O) groups excluding carboxylic acids is 1. The predicted octanol–water partition coefficient (Wildman–Crippen LogP) is 2.10. The van der Waals surface area contributed by atoms with Gasteiger partial charge in [-0.2, -0.15) is 5.26 Å². The molecule has 1 aromatic heterocycles. The number of likely N-dealkylation sites (tertiary alicyclic amines) is 1. The normalized spacial score (nSPS) is 19.3. The second-order valence-electron chi connectivity index (χ2n) is 6.25. The number of aryl methyl sites for hydroxylation is 1. The van der Waals surface area contributed by atoms with Crippen molar-refractivity contribution in [2.24, 2.45) is 5.92 Å². The van der Waals surface area contributed by atoms with Crippen molar-refractivity contribution in [3.8, 4) is 6.07 Å². The second-order valence-corrected chi connectivity index (χ2v) is 6.25. The molecule has 0 spiro atoms. The number of piperidine rings is 1. The maximum atomic E-state index is 12.5. The van der Waals surface area contributed by atoms with Crippen LogP contribution in [-0.4, -0.2) is 42.0 Å². The van der Waals surface area contributed by atoms with Crippen LogP contribution < -0.4 is 4.90 Å². The van der Waals surface area contributed by atoms with Crippen molar-refractivity contribution in [3.63, 3.8) is 0 Å². The van der Waals surface area contributed by atoms with Crippen LogP contribution in [0.25, 0.3) is 0 Å². The number of amides is 1. The molecule has 5 nitrogen and oxygen atoms in total. The lowest BCUT2D eigenvalue weighted by Gasteiger charge is -2.35. The molecule has 2 saturated heterocycles. The Bertz CT molecular complexity index is 593. The Morgan fingerprint density at radius 1 is 1.27 bits per heavy atom. The molecule has 0 atom stereocenters. The molecule has 5 heteroatoms. The van der Waals surface area contributed by atoms with Gasteiger partial charge in [0.05, 0.1) is 11.3 Å². The van der Waals surface area contributed by atoms with E-state index >= 15 is 0 Å². The van der Waals surface area contributed by atoms with Crippen LogP contribution in [0.1, 0.15) is 36.9 Å². The minimum absolute atomic E-state index is 0.155. The van der Waals surface area contributed by atoms with Crippen molar-refractivity contribution in [2.45, 2.75) is 32.6 Å². The minimum Gasteiger partial charge on any atom is -0.370 e. The first kappa shape index (κ1) is 14.8. The van der Waals surface area contributed by atoms with Crippen molar-refractivity contribution in [3.05, 3.63) is 23.5 Å². The van der Waals surface area contributed by atoms with Crippen molar-refractivity contribution >= 4 is 11.6 Å². The average Bonchev–Trinajstić information content (AvgIpc) is 3.09. The molecular weight excluding hydrogens is 276 g/mol. The number of anilines is 1. The lowest BCUT2D eigenvalue weighted by molar-refractivity contribution is -0.135. The van der Waals surface area contributed by atoms with Crippen LogP contribution in [0.5, 0.6) is 0 Å². The Kier molecular flexibility index (Phi) is 4.28. The number of pyridine rings is 1. The highest BCUT2D eigenvalue weighted by atomic mass is 16.2. The molecule has 3 heterocycles. The topological polar surface area (TPSA) is 60.2 Å². The zero-order valence-electron chi connectivity index (χ0n) is 13.1. The smallest absolute Gasteiger partial charge is 0.225 e. The fourth-order valence-electron chi connectivity index (χ4n) is 3.46. The summed E-state index contributed by atoms with van der Waals surface area (Å²) in [6, 6.07) is 4.19. The molecule has 2 aliphatic heterocycles. The summed E-state index contributed by atoms with van der Waals surface area (Å²) in [6.45, 7) is 5.47. The largest absolute Gasteiger partial charge is 0.370 e. The molecule has 0 N–H and O–H groups in total. The van der Waals surface area contributed by atoms with Gasteiger partial charge in [0.15, 0.2) is 0 Å². The third kappa shape index (κ3) is 2.92. The average molecular weight is 298 g/mol. The van der Waals surface area contributed by atoms with Gasteiger partial charge >= 0.3 is 0 Å². The van der Waals surface area contributed by atoms with E-state index in [-0.39, 0.29) is 5.92 Å². The summed E-state index contributed by atoms with van der Waals surface area (Å²) in [5.41, 5.74) is 2.50. The van der Waals surface area contributed by atoms with Gasteiger partial charge in [-0.1, -0.05) is 0 Å². The van der Waals surface area contributed by atoms with Crippen molar-refractivity contribution < 1.29 is 4.79 Å². The van der Waals surface area contributed by atoms with E-state index in [0.717, 1.165) is 63.2 Å². The second kappa shape index (κ2) is 6.35. The monoisotopic (exact) mass is 298 g/mol. The SMILES string of the molecule is Cc1cc(N2CCC(C(=O)N3CCCC3)CC2)c(C#N)cn1. The Labute approximate surface area is 131 Å². The number of hydrogen-bond donors (Lipinski definition) is 0. The molecule has 3 rings (SSSR count). The molecule has 0 aliphatic carbocycles. The highest BCUT2D eigenvalue weighted by Crippen LogP contribution is 2.28. The van der Waals surface area contributed by atoms with Crippen LogP contribution in [0, 0.1) is 24.2 Å². The molecule has 2 fully saturated rings. The first-order valence-electron chi connectivity index (χ1n) is 8.09. The summed E-state index contributed by atoms with van der Waals surface area (Å²) < 4.78 is 0. The van der Waals surface area contributed by atoms with Crippen molar-refractivity contribution in [2.75, 3.05) is 31.1 Å². The molecule has 0 radical (unpaired) electrons. The predicted molar refractivity (Wildman–Crippen MR) is 84.4 cm³/mol. The van der Waals surface area contributed by atoms with Crippen LogP contribution in [0.15, 0.2) is 12.3 Å². The third-order valence-electron chi connectivity index (χ3n) is 4.74. The summed E-state index contributed by atoms with van der Waals surface area (Å²) in [6.07, 6.45) is 5.69. The first-order chi connectivity index (χ1) is 10.7. The molecule has 0 saturated carbocycles. The number of aromatic nitrogens is 1. The number of nitriles is 1. The molecule has 0 aromatic carbocycles. The van der Waals surface area contributed by atoms with Crippen molar-refractivity contribution in [1.82, 2.24) is 9.88 Å². The maximum Gasteiger partial charge on any atom is 0.225 e. The molecule has 0 unspecified atom stereocenters. The van der Waals surface area contributed by atoms with Gasteiger partial charge in [0.2, 0.25) is 5.91 Å². The number of nitrogens with zero attached hydrogens (tertiary/aromatic N) is 4. The zero-order valence-corrected chi connectivity index (χ0v) is 13.1. The van der Waals surface area contributed by atoms with E-state index in [1.165, 1.54) is 0 Å². The van der Waals surface area contributed by atoms with Gasteiger partial charge < -0.3 is 9.80 Å². The van der Waals surface area contributed by atoms with Crippen LogP contribution in [-0.2, 0) is 4.79 Å². The van der Waals surface area contributed by atoms with Gasteiger partial charge in [0, 0.05) is 44.0 Å². The highest BCUT2D eigenvalue weighted by molar-refractivity contribution is 5.79. The summed E-state index contributed by atoms with van der Waals surface area (Å²) >= 11 is 0. The lowest BCUT2D eigenvalue weighted by atomic mass is 9.94. The van der Waals surface area contributed by atoms with Crippen molar-refractivity contribution in [1.29, 1.82) is 5.26 Å². The van der Waals surface area contributed by atoms with Crippen LogP contribution in [0.3, 0.4) is 0 Å². The highest BCUT2D eigenvalue weighted by Gasteiger charge is 2.30. The Morgan fingerprint density at radius 3 is 2.59 bits per heavy atom. The molecule has 2 aliphatic rings. The van der Waals surface area contributed by atoms with E-state index in [4.69, 9.17) is 0 Å². The number of rotatable bonds is 2. The molecule has 116 valence electrons. The summed E-state index contributed by atoms with van der Waals surface area (Å²) in [5, 5.41) is 9.25. The summed E-state index contributed by atoms with van der Waals surface area (Å²) in [5.74, 6) is 0.492. The summed E-state index contributed by atoms with van der Waals surface area (Å²) in [7, 11) is 0. The number of carbonyl (C=O) groups is 1. The molecular formula is C17H22N4O. The van der Waals surface area contributed by atoms with Crippen LogP contribution in [0.2, 0.25) is 0 Å². The zero-order chi connectivity index (χ0) is 15.5. The van der Waals surface area contributed by atoms with Gasteiger partial charge in [0.25, 0.3) is 0 Å². The van der Waals surface area contributed by atoms with E-state index in [1.807, 2.05) is 17.9 Å². The summed E-state index contributed by atoms with van der Waals surface area (Å²) in [4.78, 5) is 20.9. The minimum atomic E-state index is 0.155. The third-order valence-corrected chi connectivity index (χ3v) is 4.74. The van der Waals surface area contributed by atoms with Gasteiger partial charge in [0.1, 0.15) is 6.07 Å². The van der Waals surface area contributed by atoms with Gasteiger partial charge in [-0.25, -0.2) is 0 Å². The Balaban J connectivity index is 1.66. The quantitative estimate of drug-likeness (QED) is 0.839. The lowest BCUT2D eigenvalue weighted by Crippen LogP contribution is -2.41. The fraction of sp³-hybridized carbons (Fsp3) is 0.588. The molecule has 1 aromatic rings. The number of hydrogen-bond acceptors (Lipinski definition) is 4. The molecule has 22 heavy (non-hydrogen) atoms. The van der Waals surface area contributed by atoms with E-state index in [9.17, 15) is 10.1 Å². The van der Waals surface area contributed by atoms with Gasteiger partial charge in [-0.05, 0) is 38.7 Å². The fourth-order valence-corrected chi connectivity index (χ4v) is 3.46. The Morgan fingerprint density at radius 2 is 1.95 bits per heavy atom.